The lowest BCUT2D eigenvalue weighted by molar-refractivity contribution is -0.148. The van der Waals surface area contributed by atoms with Crippen molar-refractivity contribution in [3.63, 3.8) is 0 Å². The molecule has 4 atom stereocenters. The van der Waals surface area contributed by atoms with E-state index < -0.39 is 12.1 Å². The second kappa shape index (κ2) is 17.7. The van der Waals surface area contributed by atoms with Crippen molar-refractivity contribution in [2.24, 2.45) is 11.8 Å². The van der Waals surface area contributed by atoms with Gasteiger partial charge in [-0.1, -0.05) is 71.9 Å². The summed E-state index contributed by atoms with van der Waals surface area (Å²) in [7, 11) is 1.79. The van der Waals surface area contributed by atoms with Crippen molar-refractivity contribution in [3.8, 4) is 0 Å². The van der Waals surface area contributed by atoms with Crippen LogP contribution in [-0.2, 0) is 14.3 Å². The molecule has 1 aromatic heterocycles. The molecule has 0 radical (unpaired) electrons. The lowest BCUT2D eigenvalue weighted by atomic mass is 9.94. The number of aliphatic hydroxyl groups excluding tert-OH is 1. The number of aromatic nitrogens is 1. The van der Waals surface area contributed by atoms with Crippen LogP contribution in [0, 0.1) is 11.8 Å². The van der Waals surface area contributed by atoms with Gasteiger partial charge >= 0.3 is 5.97 Å². The quantitative estimate of drug-likeness (QED) is 0.112. The number of hydrogen-bond acceptors (Lipinski definition) is 7. The van der Waals surface area contributed by atoms with Crippen molar-refractivity contribution >= 4 is 29.1 Å². The van der Waals surface area contributed by atoms with Gasteiger partial charge in [0, 0.05) is 50.2 Å². The van der Waals surface area contributed by atoms with Crippen molar-refractivity contribution in [2.45, 2.75) is 105 Å². The van der Waals surface area contributed by atoms with Gasteiger partial charge < -0.3 is 20.1 Å². The Morgan fingerprint density at radius 1 is 1.23 bits per heavy atom. The lowest BCUT2D eigenvalue weighted by Gasteiger charge is -2.33. The van der Waals surface area contributed by atoms with Gasteiger partial charge in [0.2, 0.25) is 5.91 Å². The van der Waals surface area contributed by atoms with Crippen LogP contribution in [0.25, 0.3) is 0 Å². The molecule has 2 amide bonds. The molecule has 2 N–H and O–H groups in total. The number of nitrogens with zero attached hydrogens (tertiary/aromatic N) is 2. The molecule has 0 fully saturated rings. The van der Waals surface area contributed by atoms with Crippen molar-refractivity contribution < 1.29 is 24.2 Å². The molecule has 0 saturated heterocycles. The van der Waals surface area contributed by atoms with Gasteiger partial charge in [0.15, 0.2) is 6.10 Å². The maximum absolute atomic E-state index is 13.3. The Kier molecular flexibility index (Phi) is 15.5. The standard InChI is InChI=1S/C31H49N3O5S/c1-10-13-15-29(37)34(9)27(20(4)5)18-28(39-23(8)36)31-33-26(19-40-31)30(38)32-25(16-21(6)22(7)35)17-24(12-3)14-11-2/h11,14,19-21,25,27-28,35H,2,7,10,12-13,15-18H2,1,3-6,8-9H3,(H,32,38)/b24-14+. The zero-order chi connectivity index (χ0) is 30.4. The maximum Gasteiger partial charge on any atom is 0.303 e. The molecule has 224 valence electrons. The van der Waals surface area contributed by atoms with Crippen LogP contribution in [0.3, 0.4) is 0 Å². The summed E-state index contributed by atoms with van der Waals surface area (Å²) in [5.74, 6) is -0.736. The smallest absolute Gasteiger partial charge is 0.303 e. The molecule has 0 aliphatic heterocycles. The number of thiazole rings is 1. The van der Waals surface area contributed by atoms with Gasteiger partial charge in [0.05, 0.1) is 5.76 Å². The molecule has 0 saturated carbocycles. The average Bonchev–Trinajstić information content (AvgIpc) is 3.38. The largest absolute Gasteiger partial charge is 0.513 e. The van der Waals surface area contributed by atoms with Gasteiger partial charge in [-0.2, -0.15) is 0 Å². The molecule has 0 bridgehead atoms. The molecule has 40 heavy (non-hydrogen) atoms. The molecular formula is C31H49N3O5S. The Hall–Kier alpha value is -2.94. The summed E-state index contributed by atoms with van der Waals surface area (Å²) in [5, 5.41) is 15.1. The number of unbranched alkanes of at least 4 members (excludes halogenated alkanes) is 1. The minimum Gasteiger partial charge on any atom is -0.513 e. The van der Waals surface area contributed by atoms with Crippen LogP contribution in [0.5, 0.6) is 0 Å². The first-order valence-electron chi connectivity index (χ1n) is 14.2. The predicted molar refractivity (Wildman–Crippen MR) is 162 cm³/mol. The van der Waals surface area contributed by atoms with Gasteiger partial charge in [0.1, 0.15) is 10.7 Å². The summed E-state index contributed by atoms with van der Waals surface area (Å²) >= 11 is 1.26. The summed E-state index contributed by atoms with van der Waals surface area (Å²) in [5.41, 5.74) is 1.36. The average molecular weight is 576 g/mol. The summed E-state index contributed by atoms with van der Waals surface area (Å²) in [6.07, 6.45) is 7.52. The van der Waals surface area contributed by atoms with Crippen molar-refractivity contribution in [1.29, 1.82) is 0 Å². The Morgan fingerprint density at radius 3 is 2.42 bits per heavy atom. The van der Waals surface area contributed by atoms with E-state index in [0.29, 0.717) is 30.7 Å². The number of aliphatic hydroxyl groups is 1. The zero-order valence-electron chi connectivity index (χ0n) is 25.4. The fraction of sp³-hybridized carbons (Fsp3) is 0.613. The van der Waals surface area contributed by atoms with Crippen molar-refractivity contribution in [3.05, 3.63) is 52.7 Å². The minimum absolute atomic E-state index is 0.0594. The number of hydrogen-bond donors (Lipinski definition) is 2. The Labute approximate surface area is 244 Å². The van der Waals surface area contributed by atoms with Gasteiger partial charge in [-0.05, 0) is 31.6 Å². The van der Waals surface area contributed by atoms with E-state index in [-0.39, 0.29) is 47.2 Å². The summed E-state index contributed by atoms with van der Waals surface area (Å²) < 4.78 is 5.66. The summed E-state index contributed by atoms with van der Waals surface area (Å²) in [6.45, 7) is 18.8. The third kappa shape index (κ3) is 11.7. The summed E-state index contributed by atoms with van der Waals surface area (Å²) in [6, 6.07) is -0.420. The van der Waals surface area contributed by atoms with Crippen LogP contribution in [0.1, 0.15) is 108 Å². The number of ether oxygens (including phenoxy) is 1. The van der Waals surface area contributed by atoms with Crippen LogP contribution in [0.2, 0.25) is 0 Å². The third-order valence-corrected chi connectivity index (χ3v) is 7.99. The molecule has 1 heterocycles. The number of nitrogens with one attached hydrogen (secondary N) is 1. The number of carbonyl (C=O) groups is 3. The Balaban J connectivity index is 3.18. The normalized spacial score (nSPS) is 14.7. The monoisotopic (exact) mass is 575 g/mol. The van der Waals surface area contributed by atoms with Crippen molar-refractivity contribution in [1.82, 2.24) is 15.2 Å². The zero-order valence-corrected chi connectivity index (χ0v) is 26.2. The number of carbonyl (C=O) groups excluding carboxylic acids is 3. The SMILES string of the molecule is C=C/C=C(\CC)CC(CC(C)C(=C)O)NC(=O)c1csc(C(CC(C(C)C)N(C)C(=O)CCCC)OC(C)=O)n1. The van der Waals surface area contributed by atoms with Crippen LogP contribution >= 0.6 is 11.3 Å². The number of esters is 1. The molecule has 0 spiro atoms. The first-order chi connectivity index (χ1) is 18.8. The molecular weight excluding hydrogens is 526 g/mol. The number of amides is 2. The van der Waals surface area contributed by atoms with E-state index in [1.54, 1.807) is 23.4 Å². The fourth-order valence-corrected chi connectivity index (χ4v) is 5.39. The van der Waals surface area contributed by atoms with E-state index in [1.807, 2.05) is 40.7 Å². The molecule has 4 unspecified atom stereocenters. The highest BCUT2D eigenvalue weighted by molar-refractivity contribution is 7.09. The van der Waals surface area contributed by atoms with E-state index >= 15 is 0 Å². The topological polar surface area (TPSA) is 109 Å². The third-order valence-electron chi connectivity index (χ3n) is 7.06. The van der Waals surface area contributed by atoms with Crippen LogP contribution < -0.4 is 5.32 Å². The van der Waals surface area contributed by atoms with Crippen molar-refractivity contribution in [2.75, 3.05) is 7.05 Å². The van der Waals surface area contributed by atoms with E-state index in [2.05, 4.69) is 23.5 Å². The van der Waals surface area contributed by atoms with Gasteiger partial charge in [-0.25, -0.2) is 4.98 Å². The Bertz CT molecular complexity index is 1030. The molecule has 0 aromatic carbocycles. The second-order valence-electron chi connectivity index (χ2n) is 10.7. The predicted octanol–water partition coefficient (Wildman–Crippen LogP) is 6.92. The fourth-order valence-electron chi connectivity index (χ4n) is 4.55. The van der Waals surface area contributed by atoms with Crippen LogP contribution in [0.4, 0.5) is 0 Å². The van der Waals surface area contributed by atoms with Gasteiger partial charge in [-0.3, -0.25) is 14.4 Å². The highest BCUT2D eigenvalue weighted by atomic mass is 32.1. The number of allylic oxidation sites excluding steroid dienone is 3. The molecule has 9 heteroatoms. The molecule has 0 aliphatic carbocycles. The molecule has 0 aliphatic rings. The first kappa shape index (κ1) is 35.1. The molecule has 8 nitrogen and oxygen atoms in total. The van der Waals surface area contributed by atoms with E-state index in [9.17, 15) is 19.5 Å². The first-order valence-corrected chi connectivity index (χ1v) is 15.1. The Morgan fingerprint density at radius 2 is 1.90 bits per heavy atom. The highest BCUT2D eigenvalue weighted by Gasteiger charge is 2.31. The summed E-state index contributed by atoms with van der Waals surface area (Å²) in [4.78, 5) is 44.4. The second-order valence-corrected chi connectivity index (χ2v) is 11.6. The van der Waals surface area contributed by atoms with E-state index in [4.69, 9.17) is 4.74 Å². The van der Waals surface area contributed by atoms with E-state index in [1.165, 1.54) is 18.3 Å². The number of rotatable bonds is 18. The highest BCUT2D eigenvalue weighted by Crippen LogP contribution is 2.31. The minimum atomic E-state index is -0.686. The van der Waals surface area contributed by atoms with Crippen LogP contribution in [-0.4, -0.2) is 51.9 Å². The molecule has 1 rings (SSSR count). The van der Waals surface area contributed by atoms with Gasteiger partial charge in [0.25, 0.3) is 5.91 Å². The van der Waals surface area contributed by atoms with Crippen LogP contribution in [0.15, 0.2) is 42.0 Å². The lowest BCUT2D eigenvalue weighted by Crippen LogP contribution is -2.41. The van der Waals surface area contributed by atoms with E-state index in [0.717, 1.165) is 24.8 Å². The van der Waals surface area contributed by atoms with Gasteiger partial charge in [-0.15, -0.1) is 11.3 Å². The molecule has 1 aromatic rings. The maximum atomic E-state index is 13.3.